The second-order valence-corrected chi connectivity index (χ2v) is 2.22. The number of aliphatic carboxylic acids is 2. The standard InChI is InChI=1S/C6H11NO5.K.H/c8-2-1-7(3-5(9)10)4-6(11)12;;/h8H,1-4H2,(H,9,10)(H,11,12);;. The van der Waals surface area contributed by atoms with Crippen LogP contribution in [0.15, 0.2) is 0 Å². The number of hydrogen-bond donors (Lipinski definition) is 3. The molecule has 3 N–H and O–H groups in total. The Morgan fingerprint density at radius 1 is 1.08 bits per heavy atom. The van der Waals surface area contributed by atoms with Crippen LogP contribution < -0.4 is 0 Å². The quantitative estimate of drug-likeness (QED) is 0.437. The number of nitrogens with zero attached hydrogens (tertiary/aromatic N) is 1. The Morgan fingerprint density at radius 2 is 1.46 bits per heavy atom. The Balaban J connectivity index is 0. The summed E-state index contributed by atoms with van der Waals surface area (Å²) in [4.78, 5) is 21.4. The van der Waals surface area contributed by atoms with E-state index >= 15 is 0 Å². The average molecular weight is 217 g/mol. The van der Waals surface area contributed by atoms with Crippen LogP contribution in [0.4, 0.5) is 0 Å². The Labute approximate surface area is 118 Å². The van der Waals surface area contributed by atoms with Gasteiger partial charge in [-0.05, 0) is 0 Å². The first kappa shape index (κ1) is 15.9. The van der Waals surface area contributed by atoms with Crippen LogP contribution in [0.2, 0.25) is 0 Å². The van der Waals surface area contributed by atoms with Gasteiger partial charge < -0.3 is 15.3 Å². The van der Waals surface area contributed by atoms with Gasteiger partial charge in [-0.1, -0.05) is 0 Å². The molecule has 13 heavy (non-hydrogen) atoms. The number of aliphatic hydroxyl groups is 1. The number of aliphatic hydroxyl groups excluding tert-OH is 1. The van der Waals surface area contributed by atoms with Crippen LogP contribution in [0.25, 0.3) is 0 Å². The van der Waals surface area contributed by atoms with Crippen LogP contribution in [0, 0.1) is 0 Å². The Kier molecular flexibility index (Phi) is 11.1. The van der Waals surface area contributed by atoms with Crippen molar-refractivity contribution in [3.8, 4) is 0 Å². The van der Waals surface area contributed by atoms with E-state index in [4.69, 9.17) is 15.3 Å². The van der Waals surface area contributed by atoms with Crippen molar-refractivity contribution in [3.63, 3.8) is 0 Å². The second-order valence-electron chi connectivity index (χ2n) is 2.22. The molecule has 0 spiro atoms. The number of rotatable bonds is 6. The fraction of sp³-hybridized carbons (Fsp3) is 0.667. The summed E-state index contributed by atoms with van der Waals surface area (Å²) < 4.78 is 0. The van der Waals surface area contributed by atoms with Crippen LogP contribution in [0.3, 0.4) is 0 Å². The summed E-state index contributed by atoms with van der Waals surface area (Å²) in [5.74, 6) is -2.21. The molecule has 7 heteroatoms. The molecule has 0 aliphatic heterocycles. The minimum atomic E-state index is -1.11. The summed E-state index contributed by atoms with van der Waals surface area (Å²) in [7, 11) is 0. The molecule has 0 saturated heterocycles. The molecule has 72 valence electrons. The van der Waals surface area contributed by atoms with Crippen molar-refractivity contribution < 1.29 is 24.9 Å². The average Bonchev–Trinajstić information content (AvgIpc) is 1.84. The van der Waals surface area contributed by atoms with Gasteiger partial charge in [-0.15, -0.1) is 0 Å². The molecule has 6 nitrogen and oxygen atoms in total. The third kappa shape index (κ3) is 10.4. The number of carboxylic acid groups (broad SMARTS) is 2. The van der Waals surface area contributed by atoms with Gasteiger partial charge in [0.25, 0.3) is 0 Å². The maximum absolute atomic E-state index is 10.1. The van der Waals surface area contributed by atoms with Crippen molar-refractivity contribution in [2.24, 2.45) is 0 Å². The molecule has 0 aromatic rings. The molecule has 0 aliphatic rings. The Hall–Kier alpha value is 0.496. The van der Waals surface area contributed by atoms with Crippen LogP contribution in [-0.2, 0) is 9.59 Å². The van der Waals surface area contributed by atoms with Gasteiger partial charge in [0, 0.05) is 6.54 Å². The fourth-order valence-corrected chi connectivity index (χ4v) is 0.738. The second kappa shape index (κ2) is 9.07. The molecule has 0 radical (unpaired) electrons. The molecule has 0 aromatic heterocycles. The predicted molar refractivity (Wildman–Crippen MR) is 45.9 cm³/mol. The Morgan fingerprint density at radius 3 is 1.69 bits per heavy atom. The number of hydrogen-bond acceptors (Lipinski definition) is 4. The molecule has 0 rings (SSSR count). The summed E-state index contributed by atoms with van der Waals surface area (Å²) in [5.41, 5.74) is 0. The molecule has 0 atom stereocenters. The van der Waals surface area contributed by atoms with E-state index in [9.17, 15) is 9.59 Å². The van der Waals surface area contributed by atoms with Crippen molar-refractivity contribution in [3.05, 3.63) is 0 Å². The first-order valence-electron chi connectivity index (χ1n) is 3.33. The van der Waals surface area contributed by atoms with E-state index in [-0.39, 0.29) is 77.6 Å². The monoisotopic (exact) mass is 217 g/mol. The van der Waals surface area contributed by atoms with Crippen molar-refractivity contribution in [2.75, 3.05) is 26.2 Å². The number of carboxylic acids is 2. The van der Waals surface area contributed by atoms with E-state index < -0.39 is 11.9 Å². The van der Waals surface area contributed by atoms with E-state index in [0.29, 0.717) is 0 Å². The van der Waals surface area contributed by atoms with Crippen molar-refractivity contribution in [2.45, 2.75) is 0 Å². The van der Waals surface area contributed by atoms with Gasteiger partial charge in [-0.3, -0.25) is 14.5 Å². The van der Waals surface area contributed by atoms with Gasteiger partial charge in [-0.2, -0.15) is 0 Å². The summed E-state index contributed by atoms with van der Waals surface area (Å²) >= 11 is 0. The molecule has 0 fully saturated rings. The number of carbonyl (C=O) groups is 2. The van der Waals surface area contributed by atoms with Crippen LogP contribution >= 0.6 is 0 Å². The fourth-order valence-electron chi connectivity index (χ4n) is 0.738. The van der Waals surface area contributed by atoms with Crippen molar-refractivity contribution in [1.82, 2.24) is 4.90 Å². The molecular formula is C6H12KNO5. The molecular weight excluding hydrogens is 205 g/mol. The molecule has 0 saturated carbocycles. The SMILES string of the molecule is O=C(O)CN(CCO)CC(=O)O.[KH]. The normalized spacial score (nSPS) is 9.38. The third-order valence-corrected chi connectivity index (χ3v) is 1.13. The zero-order chi connectivity index (χ0) is 9.56. The van der Waals surface area contributed by atoms with E-state index in [0.717, 1.165) is 4.90 Å². The molecule has 0 bridgehead atoms. The summed E-state index contributed by atoms with van der Waals surface area (Å²) in [5, 5.41) is 25.0. The first-order chi connectivity index (χ1) is 5.56. The van der Waals surface area contributed by atoms with Crippen molar-refractivity contribution in [1.29, 1.82) is 0 Å². The van der Waals surface area contributed by atoms with Crippen LogP contribution in [0.1, 0.15) is 0 Å². The van der Waals surface area contributed by atoms with E-state index in [1.807, 2.05) is 0 Å². The summed E-state index contributed by atoms with van der Waals surface area (Å²) in [6.45, 7) is -0.932. The molecule has 0 amide bonds. The molecule has 0 aromatic carbocycles. The van der Waals surface area contributed by atoms with Crippen molar-refractivity contribution >= 4 is 63.3 Å². The first-order valence-corrected chi connectivity index (χ1v) is 3.33. The third-order valence-electron chi connectivity index (χ3n) is 1.13. The van der Waals surface area contributed by atoms with Gasteiger partial charge >= 0.3 is 63.3 Å². The van der Waals surface area contributed by atoms with E-state index in [2.05, 4.69) is 0 Å². The van der Waals surface area contributed by atoms with Gasteiger partial charge in [0.1, 0.15) is 0 Å². The minimum absolute atomic E-state index is 0. The van der Waals surface area contributed by atoms with E-state index in [1.54, 1.807) is 0 Å². The van der Waals surface area contributed by atoms with E-state index in [1.165, 1.54) is 0 Å². The van der Waals surface area contributed by atoms with Gasteiger partial charge in [-0.25, -0.2) is 0 Å². The van der Waals surface area contributed by atoms with Gasteiger partial charge in [0.15, 0.2) is 0 Å². The van der Waals surface area contributed by atoms with Crippen LogP contribution in [-0.4, -0.2) is 110 Å². The molecule has 0 heterocycles. The maximum atomic E-state index is 10.1. The summed E-state index contributed by atoms with van der Waals surface area (Å²) in [6.07, 6.45) is 0. The topological polar surface area (TPSA) is 98.1 Å². The van der Waals surface area contributed by atoms with Gasteiger partial charge in [0.05, 0.1) is 19.7 Å². The molecule has 0 aliphatic carbocycles. The predicted octanol–water partition coefficient (Wildman–Crippen LogP) is -2.20. The zero-order valence-electron chi connectivity index (χ0n) is 6.43. The van der Waals surface area contributed by atoms with Gasteiger partial charge in [0.2, 0.25) is 0 Å². The van der Waals surface area contributed by atoms with Crippen LogP contribution in [0.5, 0.6) is 0 Å². The zero-order valence-corrected chi connectivity index (χ0v) is 6.43. The Bertz CT molecular complexity index is 158. The summed E-state index contributed by atoms with van der Waals surface area (Å²) in [6, 6.07) is 0. The molecule has 0 unspecified atom stereocenters.